The van der Waals surface area contributed by atoms with E-state index < -0.39 is 5.97 Å². The highest BCUT2D eigenvalue weighted by Crippen LogP contribution is 2.24. The van der Waals surface area contributed by atoms with Gasteiger partial charge >= 0.3 is 5.97 Å². The number of hydrogen-bond donors (Lipinski definition) is 3. The first-order valence-corrected chi connectivity index (χ1v) is 7.79. The Balaban J connectivity index is 2.25. The molecule has 1 saturated carbocycles. The summed E-state index contributed by atoms with van der Waals surface area (Å²) in [5.74, 6) is -0.317. The van der Waals surface area contributed by atoms with E-state index in [0.29, 0.717) is 18.9 Å². The number of amides is 1. The zero-order valence-corrected chi connectivity index (χ0v) is 12.4. The topological polar surface area (TPSA) is 92.4 Å². The van der Waals surface area contributed by atoms with E-state index in [0.717, 1.165) is 38.5 Å². The standard InChI is InChI=1S/C15H28N2O3/c1-2-4-11(7-8-14(18)19)9-10-17-15(20)12-5-3-6-13(12)16/h11-13H,2-10,16H2,1H3,(H,17,20)(H,18,19). The summed E-state index contributed by atoms with van der Waals surface area (Å²) in [5, 5.41) is 11.7. The molecule has 0 aliphatic heterocycles. The van der Waals surface area contributed by atoms with Crippen LogP contribution in [0.1, 0.15) is 58.3 Å². The highest BCUT2D eigenvalue weighted by atomic mass is 16.4. The Hall–Kier alpha value is -1.10. The maximum absolute atomic E-state index is 12.0. The van der Waals surface area contributed by atoms with Gasteiger partial charge in [0.25, 0.3) is 0 Å². The van der Waals surface area contributed by atoms with Crippen molar-refractivity contribution in [3.05, 3.63) is 0 Å². The molecule has 0 aromatic rings. The van der Waals surface area contributed by atoms with E-state index in [-0.39, 0.29) is 24.3 Å². The molecule has 0 aromatic heterocycles. The van der Waals surface area contributed by atoms with Crippen molar-refractivity contribution in [1.82, 2.24) is 5.32 Å². The molecule has 0 radical (unpaired) electrons. The molecule has 0 spiro atoms. The van der Waals surface area contributed by atoms with Crippen LogP contribution in [-0.2, 0) is 9.59 Å². The first-order valence-electron chi connectivity index (χ1n) is 7.79. The van der Waals surface area contributed by atoms with Gasteiger partial charge in [0.15, 0.2) is 0 Å². The molecule has 1 aliphatic rings. The molecular formula is C15H28N2O3. The third-order valence-corrected chi connectivity index (χ3v) is 4.22. The van der Waals surface area contributed by atoms with E-state index in [1.807, 2.05) is 0 Å². The van der Waals surface area contributed by atoms with Gasteiger partial charge in [-0.1, -0.05) is 26.2 Å². The second-order valence-corrected chi connectivity index (χ2v) is 5.87. The molecule has 20 heavy (non-hydrogen) atoms. The Kier molecular flexibility index (Phi) is 7.59. The van der Waals surface area contributed by atoms with Crippen LogP contribution in [0.3, 0.4) is 0 Å². The second-order valence-electron chi connectivity index (χ2n) is 5.87. The number of nitrogens with one attached hydrogen (secondary N) is 1. The lowest BCUT2D eigenvalue weighted by Gasteiger charge is -2.18. The summed E-state index contributed by atoms with van der Waals surface area (Å²) >= 11 is 0. The normalized spacial score (nSPS) is 23.5. The van der Waals surface area contributed by atoms with Gasteiger partial charge in [0.05, 0.1) is 5.92 Å². The Bertz CT molecular complexity index is 320. The molecule has 0 heterocycles. The summed E-state index contributed by atoms with van der Waals surface area (Å²) in [6.45, 7) is 2.73. The molecule has 3 unspecified atom stereocenters. The van der Waals surface area contributed by atoms with E-state index in [1.165, 1.54) is 0 Å². The molecule has 5 nitrogen and oxygen atoms in total. The predicted octanol–water partition coefficient (Wildman–Crippen LogP) is 1.90. The Labute approximate surface area is 121 Å². The molecule has 0 bridgehead atoms. The van der Waals surface area contributed by atoms with E-state index in [9.17, 15) is 9.59 Å². The van der Waals surface area contributed by atoms with Crippen LogP contribution >= 0.6 is 0 Å². The predicted molar refractivity (Wildman–Crippen MR) is 78.2 cm³/mol. The smallest absolute Gasteiger partial charge is 0.303 e. The average Bonchev–Trinajstić information content (AvgIpc) is 2.82. The van der Waals surface area contributed by atoms with Crippen LogP contribution in [0.4, 0.5) is 0 Å². The van der Waals surface area contributed by atoms with Crippen molar-refractivity contribution in [3.63, 3.8) is 0 Å². The number of carbonyl (C=O) groups is 2. The SMILES string of the molecule is CCCC(CCNC(=O)C1CCCC1N)CCC(=O)O. The Morgan fingerprint density at radius 2 is 2.05 bits per heavy atom. The minimum absolute atomic E-state index is 0.00782. The molecule has 1 rings (SSSR count). The molecular weight excluding hydrogens is 256 g/mol. The van der Waals surface area contributed by atoms with Crippen molar-refractivity contribution >= 4 is 11.9 Å². The lowest BCUT2D eigenvalue weighted by Crippen LogP contribution is -2.39. The summed E-state index contributed by atoms with van der Waals surface area (Å²) in [4.78, 5) is 22.6. The van der Waals surface area contributed by atoms with Gasteiger partial charge in [-0.25, -0.2) is 0 Å². The number of rotatable bonds is 9. The van der Waals surface area contributed by atoms with Crippen LogP contribution in [0.2, 0.25) is 0 Å². The number of carboxylic acids is 1. The highest BCUT2D eigenvalue weighted by Gasteiger charge is 2.29. The third kappa shape index (κ3) is 5.90. The first kappa shape index (κ1) is 17.0. The molecule has 0 aromatic carbocycles. The maximum atomic E-state index is 12.0. The molecule has 116 valence electrons. The maximum Gasteiger partial charge on any atom is 0.303 e. The number of aliphatic carboxylic acids is 1. The van der Waals surface area contributed by atoms with Gasteiger partial charge in [-0.05, 0) is 31.6 Å². The molecule has 1 amide bonds. The number of carboxylic acid groups (broad SMARTS) is 1. The van der Waals surface area contributed by atoms with Crippen molar-refractivity contribution in [2.75, 3.05) is 6.54 Å². The monoisotopic (exact) mass is 284 g/mol. The molecule has 1 aliphatic carbocycles. The van der Waals surface area contributed by atoms with Crippen molar-refractivity contribution in [1.29, 1.82) is 0 Å². The highest BCUT2D eigenvalue weighted by molar-refractivity contribution is 5.79. The fourth-order valence-corrected chi connectivity index (χ4v) is 3.01. The van der Waals surface area contributed by atoms with E-state index >= 15 is 0 Å². The quantitative estimate of drug-likeness (QED) is 0.603. The van der Waals surface area contributed by atoms with E-state index in [4.69, 9.17) is 10.8 Å². The van der Waals surface area contributed by atoms with Gasteiger partial charge in [0, 0.05) is 19.0 Å². The van der Waals surface area contributed by atoms with Crippen LogP contribution in [0, 0.1) is 11.8 Å². The fraction of sp³-hybridized carbons (Fsp3) is 0.867. The zero-order valence-electron chi connectivity index (χ0n) is 12.4. The minimum Gasteiger partial charge on any atom is -0.481 e. The minimum atomic E-state index is -0.743. The number of hydrogen-bond acceptors (Lipinski definition) is 3. The van der Waals surface area contributed by atoms with E-state index in [1.54, 1.807) is 0 Å². The van der Waals surface area contributed by atoms with Gasteiger partial charge in [-0.15, -0.1) is 0 Å². The fourth-order valence-electron chi connectivity index (χ4n) is 3.01. The Morgan fingerprint density at radius 3 is 2.60 bits per heavy atom. The van der Waals surface area contributed by atoms with Crippen LogP contribution in [-0.4, -0.2) is 29.6 Å². The number of carbonyl (C=O) groups excluding carboxylic acids is 1. The van der Waals surface area contributed by atoms with Gasteiger partial charge in [0.2, 0.25) is 5.91 Å². The van der Waals surface area contributed by atoms with Crippen molar-refractivity contribution in [2.45, 2.75) is 64.3 Å². The molecule has 5 heteroatoms. The first-order chi connectivity index (χ1) is 9.54. The summed E-state index contributed by atoms with van der Waals surface area (Å²) < 4.78 is 0. The number of nitrogens with two attached hydrogens (primary N) is 1. The summed E-state index contributed by atoms with van der Waals surface area (Å²) in [5.41, 5.74) is 5.91. The average molecular weight is 284 g/mol. The molecule has 1 fully saturated rings. The molecule has 3 atom stereocenters. The lowest BCUT2D eigenvalue weighted by atomic mass is 9.94. The van der Waals surface area contributed by atoms with Gasteiger partial charge in [-0.3, -0.25) is 9.59 Å². The van der Waals surface area contributed by atoms with Crippen LogP contribution < -0.4 is 11.1 Å². The summed E-state index contributed by atoms with van der Waals surface area (Å²) in [6.07, 6.45) is 6.70. The molecule has 4 N–H and O–H groups in total. The van der Waals surface area contributed by atoms with E-state index in [2.05, 4.69) is 12.2 Å². The largest absolute Gasteiger partial charge is 0.481 e. The van der Waals surface area contributed by atoms with Gasteiger partial charge in [-0.2, -0.15) is 0 Å². The van der Waals surface area contributed by atoms with Crippen LogP contribution in [0.5, 0.6) is 0 Å². The zero-order chi connectivity index (χ0) is 15.0. The van der Waals surface area contributed by atoms with Crippen molar-refractivity contribution in [2.24, 2.45) is 17.6 Å². The van der Waals surface area contributed by atoms with Crippen molar-refractivity contribution in [3.8, 4) is 0 Å². The van der Waals surface area contributed by atoms with Gasteiger partial charge < -0.3 is 16.2 Å². The molecule has 0 saturated heterocycles. The summed E-state index contributed by atoms with van der Waals surface area (Å²) in [6, 6.07) is 0.00782. The van der Waals surface area contributed by atoms with Crippen LogP contribution in [0.25, 0.3) is 0 Å². The Morgan fingerprint density at radius 1 is 1.30 bits per heavy atom. The van der Waals surface area contributed by atoms with Gasteiger partial charge in [0.1, 0.15) is 0 Å². The summed E-state index contributed by atoms with van der Waals surface area (Å²) in [7, 11) is 0. The lowest BCUT2D eigenvalue weighted by molar-refractivity contribution is -0.137. The van der Waals surface area contributed by atoms with Crippen LogP contribution in [0.15, 0.2) is 0 Å². The van der Waals surface area contributed by atoms with Crippen molar-refractivity contribution < 1.29 is 14.7 Å². The second kappa shape index (κ2) is 8.95. The third-order valence-electron chi connectivity index (χ3n) is 4.22.